The van der Waals surface area contributed by atoms with Gasteiger partial charge in [0.2, 0.25) is 10.0 Å². The highest BCUT2D eigenvalue weighted by molar-refractivity contribution is 7.88. The van der Waals surface area contributed by atoms with E-state index in [9.17, 15) is 26.4 Å². The summed E-state index contributed by atoms with van der Waals surface area (Å²) in [6, 6.07) is 0.142. The summed E-state index contributed by atoms with van der Waals surface area (Å²) < 4.78 is 69.0. The summed E-state index contributed by atoms with van der Waals surface area (Å²) >= 11 is 0. The zero-order chi connectivity index (χ0) is 18.2. The second-order valence-electron chi connectivity index (χ2n) is 6.34. The van der Waals surface area contributed by atoms with Gasteiger partial charge in [-0.05, 0) is 17.9 Å². The molecule has 7 nitrogen and oxygen atoms in total. The summed E-state index contributed by atoms with van der Waals surface area (Å²) in [5, 5.41) is 3.59. The first-order valence-corrected chi connectivity index (χ1v) is 8.79. The lowest BCUT2D eigenvalue weighted by atomic mass is 9.80. The molecule has 1 unspecified atom stereocenters. The van der Waals surface area contributed by atoms with E-state index in [4.69, 9.17) is 4.74 Å². The molecule has 0 bridgehead atoms. The van der Waals surface area contributed by atoms with Crippen molar-refractivity contribution in [2.75, 3.05) is 6.61 Å². The van der Waals surface area contributed by atoms with Crippen LogP contribution in [-0.2, 0) is 31.9 Å². The lowest BCUT2D eigenvalue weighted by molar-refractivity contribution is -0.155. The molecule has 1 fully saturated rings. The molecule has 0 spiro atoms. The van der Waals surface area contributed by atoms with E-state index in [1.807, 2.05) is 0 Å². The molecule has 1 aliphatic heterocycles. The Labute approximate surface area is 137 Å². The molecule has 1 saturated heterocycles. The van der Waals surface area contributed by atoms with Crippen LogP contribution in [0.25, 0.3) is 0 Å². The molecule has 0 radical (unpaired) electrons. The summed E-state index contributed by atoms with van der Waals surface area (Å²) in [6.45, 7) is 2.38. The second-order valence-corrected chi connectivity index (χ2v) is 8.09. The number of aromatic nitrogens is 2. The summed E-state index contributed by atoms with van der Waals surface area (Å²) in [6.07, 6.45) is -2.90. The molecule has 1 atom stereocenters. The van der Waals surface area contributed by atoms with Crippen molar-refractivity contribution in [1.82, 2.24) is 14.5 Å². The minimum Gasteiger partial charge on any atom is -0.464 e. The maximum absolute atomic E-state index is 12.3. The molecule has 2 heterocycles. The van der Waals surface area contributed by atoms with Crippen molar-refractivity contribution in [1.29, 1.82) is 0 Å². The first kappa shape index (κ1) is 18.7. The van der Waals surface area contributed by atoms with Crippen molar-refractivity contribution < 1.29 is 31.1 Å². The third-order valence-corrected chi connectivity index (χ3v) is 4.95. The van der Waals surface area contributed by atoms with Gasteiger partial charge >= 0.3 is 12.1 Å². The fourth-order valence-electron chi connectivity index (χ4n) is 2.34. The third-order valence-electron chi connectivity index (χ3n) is 3.68. The monoisotopic (exact) mass is 369 g/mol. The van der Waals surface area contributed by atoms with Crippen LogP contribution in [-0.4, -0.2) is 43.0 Å². The van der Waals surface area contributed by atoms with Crippen LogP contribution in [0.3, 0.4) is 0 Å². The molecular weight excluding hydrogens is 351 g/mol. The Morgan fingerprint density at radius 3 is 2.71 bits per heavy atom. The Morgan fingerprint density at radius 1 is 1.46 bits per heavy atom. The largest absolute Gasteiger partial charge is 0.464 e. The molecule has 24 heavy (non-hydrogen) atoms. The topological polar surface area (TPSA) is 90.3 Å². The van der Waals surface area contributed by atoms with E-state index in [1.165, 1.54) is 6.07 Å². The van der Waals surface area contributed by atoms with Gasteiger partial charge in [-0.1, -0.05) is 13.8 Å². The molecule has 1 aromatic heterocycles. The van der Waals surface area contributed by atoms with E-state index in [-0.39, 0.29) is 12.3 Å². The number of carbonyl (C=O) groups is 1. The second kappa shape index (κ2) is 6.36. The van der Waals surface area contributed by atoms with Gasteiger partial charge in [0.15, 0.2) is 0 Å². The number of ether oxygens (including phenoxy) is 1. The number of sulfonamides is 1. The standard InChI is InChI=1S/C13H18F3N3O4S/c1-12(2)4-6-23-11(20)10(12)18-24(21,22)7-9-3-5-19(17-9)8-13(14,15)16/h3,5,10,18H,4,6-8H2,1-2H3. The molecule has 0 aliphatic carbocycles. The summed E-state index contributed by atoms with van der Waals surface area (Å²) in [7, 11) is -3.98. The quantitative estimate of drug-likeness (QED) is 0.788. The fraction of sp³-hybridized carbons (Fsp3) is 0.692. The normalized spacial score (nSPS) is 21.5. The number of hydrogen-bond acceptors (Lipinski definition) is 5. The van der Waals surface area contributed by atoms with Crippen molar-refractivity contribution in [3.05, 3.63) is 18.0 Å². The SMILES string of the molecule is CC1(C)CCOC(=O)C1NS(=O)(=O)Cc1ccn(CC(F)(F)F)n1. The third kappa shape index (κ3) is 4.94. The molecule has 0 amide bonds. The molecule has 11 heteroatoms. The van der Waals surface area contributed by atoms with Gasteiger partial charge < -0.3 is 4.74 Å². The van der Waals surface area contributed by atoms with Gasteiger partial charge in [0.05, 0.1) is 12.3 Å². The van der Waals surface area contributed by atoms with E-state index >= 15 is 0 Å². The Morgan fingerprint density at radius 2 is 2.12 bits per heavy atom. The summed E-state index contributed by atoms with van der Waals surface area (Å²) in [5.74, 6) is -1.30. The predicted octanol–water partition coefficient (Wildman–Crippen LogP) is 1.21. The number of nitrogens with zero attached hydrogens (tertiary/aromatic N) is 2. The van der Waals surface area contributed by atoms with Crippen LogP contribution < -0.4 is 4.72 Å². The molecule has 0 aromatic carbocycles. The Balaban J connectivity index is 2.07. The van der Waals surface area contributed by atoms with Crippen molar-refractivity contribution in [3.8, 4) is 0 Å². The first-order valence-electron chi connectivity index (χ1n) is 7.14. The molecular formula is C13H18F3N3O4S. The van der Waals surface area contributed by atoms with Gasteiger partial charge in [-0.15, -0.1) is 0 Å². The number of halogens is 3. The van der Waals surface area contributed by atoms with Crippen molar-refractivity contribution >= 4 is 16.0 Å². The van der Waals surface area contributed by atoms with Crippen LogP contribution in [0.2, 0.25) is 0 Å². The Kier molecular flexibility index (Phi) is 4.96. The number of esters is 1. The van der Waals surface area contributed by atoms with Crippen LogP contribution in [0.4, 0.5) is 13.2 Å². The van der Waals surface area contributed by atoms with Gasteiger partial charge in [0.1, 0.15) is 18.3 Å². The van der Waals surface area contributed by atoms with Crippen LogP contribution >= 0.6 is 0 Å². The molecule has 1 aromatic rings. The maximum Gasteiger partial charge on any atom is 0.408 e. The Bertz CT molecular complexity index is 712. The number of nitrogens with one attached hydrogen (secondary N) is 1. The average Bonchev–Trinajstić information content (AvgIpc) is 2.78. The van der Waals surface area contributed by atoms with E-state index in [2.05, 4.69) is 9.82 Å². The molecule has 0 saturated carbocycles. The lowest BCUT2D eigenvalue weighted by Gasteiger charge is -2.36. The van der Waals surface area contributed by atoms with Gasteiger partial charge in [0.25, 0.3) is 0 Å². The fourth-order valence-corrected chi connectivity index (χ4v) is 3.74. The van der Waals surface area contributed by atoms with Gasteiger partial charge in [-0.2, -0.15) is 18.3 Å². The van der Waals surface area contributed by atoms with E-state index in [0.717, 1.165) is 6.20 Å². The number of rotatable bonds is 5. The minimum absolute atomic E-state index is 0.0475. The van der Waals surface area contributed by atoms with Crippen LogP contribution in [0.15, 0.2) is 12.3 Å². The van der Waals surface area contributed by atoms with Crippen LogP contribution in [0.1, 0.15) is 26.0 Å². The smallest absolute Gasteiger partial charge is 0.408 e. The number of hydrogen-bond donors (Lipinski definition) is 1. The van der Waals surface area contributed by atoms with Gasteiger partial charge in [-0.25, -0.2) is 13.1 Å². The highest BCUT2D eigenvalue weighted by atomic mass is 32.2. The number of cyclic esters (lactones) is 1. The van der Waals surface area contributed by atoms with Crippen LogP contribution in [0, 0.1) is 5.41 Å². The predicted molar refractivity (Wildman–Crippen MR) is 77.2 cm³/mol. The average molecular weight is 369 g/mol. The highest BCUT2D eigenvalue weighted by Gasteiger charge is 2.42. The maximum atomic E-state index is 12.3. The van der Waals surface area contributed by atoms with Gasteiger partial charge in [0, 0.05) is 6.20 Å². The first-order chi connectivity index (χ1) is 10.9. The molecule has 2 rings (SSSR count). The zero-order valence-electron chi connectivity index (χ0n) is 13.1. The van der Waals surface area contributed by atoms with Gasteiger partial charge in [-0.3, -0.25) is 9.48 Å². The Hall–Kier alpha value is -1.62. The van der Waals surface area contributed by atoms with E-state index in [0.29, 0.717) is 11.1 Å². The zero-order valence-corrected chi connectivity index (χ0v) is 13.9. The molecule has 136 valence electrons. The van der Waals surface area contributed by atoms with Crippen molar-refractivity contribution in [2.45, 2.75) is 44.8 Å². The van der Waals surface area contributed by atoms with E-state index in [1.54, 1.807) is 13.8 Å². The van der Waals surface area contributed by atoms with Crippen LogP contribution in [0.5, 0.6) is 0 Å². The molecule has 1 aliphatic rings. The number of alkyl halides is 3. The lowest BCUT2D eigenvalue weighted by Crippen LogP contribution is -2.54. The minimum atomic E-state index is -4.45. The molecule has 1 N–H and O–H groups in total. The number of carbonyl (C=O) groups excluding carboxylic acids is 1. The van der Waals surface area contributed by atoms with Crippen molar-refractivity contribution in [3.63, 3.8) is 0 Å². The highest BCUT2D eigenvalue weighted by Crippen LogP contribution is 2.30. The van der Waals surface area contributed by atoms with Crippen molar-refractivity contribution in [2.24, 2.45) is 5.41 Å². The summed E-state index contributed by atoms with van der Waals surface area (Å²) in [5.41, 5.74) is -0.674. The summed E-state index contributed by atoms with van der Waals surface area (Å²) in [4.78, 5) is 11.8. The van der Waals surface area contributed by atoms with E-state index < -0.39 is 45.9 Å².